The first-order valence-corrected chi connectivity index (χ1v) is 4.87. The monoisotopic (exact) mass is 200 g/mol. The lowest BCUT2D eigenvalue weighted by atomic mass is 10.3. The van der Waals surface area contributed by atoms with Gasteiger partial charge in [0.05, 0.1) is 18.1 Å². The van der Waals surface area contributed by atoms with E-state index in [-0.39, 0.29) is 0 Å². The molecule has 0 N–H and O–H groups in total. The summed E-state index contributed by atoms with van der Waals surface area (Å²) in [5.41, 5.74) is 1.78. The van der Waals surface area contributed by atoms with Crippen molar-refractivity contribution in [3.05, 3.63) is 42.2 Å². The van der Waals surface area contributed by atoms with E-state index in [9.17, 15) is 0 Å². The molecular formula is C11H12N4. The Morgan fingerprint density at radius 3 is 2.87 bits per heavy atom. The Morgan fingerprint density at radius 2 is 2.13 bits per heavy atom. The Labute approximate surface area is 88.3 Å². The van der Waals surface area contributed by atoms with Gasteiger partial charge in [0.1, 0.15) is 5.69 Å². The highest BCUT2D eigenvalue weighted by atomic mass is 15.4. The van der Waals surface area contributed by atoms with Gasteiger partial charge in [-0.05, 0) is 19.1 Å². The van der Waals surface area contributed by atoms with E-state index >= 15 is 0 Å². The highest BCUT2D eigenvalue weighted by Crippen LogP contribution is 2.04. The minimum atomic E-state index is 0.762. The Kier molecular flexibility index (Phi) is 2.88. The quantitative estimate of drug-likeness (QED) is 0.708. The second kappa shape index (κ2) is 4.50. The first-order chi connectivity index (χ1) is 7.40. The molecule has 76 valence electrons. The van der Waals surface area contributed by atoms with Crippen molar-refractivity contribution in [3.63, 3.8) is 0 Å². The van der Waals surface area contributed by atoms with Gasteiger partial charge in [-0.25, -0.2) is 4.68 Å². The van der Waals surface area contributed by atoms with Crippen molar-refractivity contribution in [1.29, 1.82) is 0 Å². The summed E-state index contributed by atoms with van der Waals surface area (Å²) in [6, 6.07) is 9.87. The number of hydrogen-bond acceptors (Lipinski definition) is 3. The van der Waals surface area contributed by atoms with Crippen molar-refractivity contribution < 1.29 is 0 Å². The summed E-state index contributed by atoms with van der Waals surface area (Å²) in [5, 5.41) is 8.01. The molecule has 15 heavy (non-hydrogen) atoms. The van der Waals surface area contributed by atoms with Crippen LogP contribution in [0.1, 0.15) is 12.6 Å². The standard InChI is InChI=1S/C11H12N4/c1-2-12-8-10-9-15(14-13-10)11-6-4-3-5-7-11/h3-9H,2H2,1H3. The predicted octanol–water partition coefficient (Wildman–Crippen LogP) is 1.71. The maximum Gasteiger partial charge on any atom is 0.124 e. The highest BCUT2D eigenvalue weighted by molar-refractivity contribution is 5.76. The number of hydrogen-bond donors (Lipinski definition) is 0. The Bertz CT molecular complexity index is 445. The summed E-state index contributed by atoms with van der Waals surface area (Å²) >= 11 is 0. The second-order valence-corrected chi connectivity index (χ2v) is 3.05. The number of aromatic nitrogens is 3. The van der Waals surface area contributed by atoms with Crippen LogP contribution in [0.25, 0.3) is 5.69 Å². The van der Waals surface area contributed by atoms with Crippen molar-refractivity contribution in [3.8, 4) is 5.69 Å². The maximum absolute atomic E-state index is 4.11. The third-order valence-electron chi connectivity index (χ3n) is 1.94. The SMILES string of the molecule is CCN=Cc1cn(-c2ccccc2)nn1. The van der Waals surface area contributed by atoms with Gasteiger partial charge >= 0.3 is 0 Å². The molecule has 1 heterocycles. The van der Waals surface area contributed by atoms with Gasteiger partial charge in [-0.2, -0.15) is 0 Å². The molecular weight excluding hydrogens is 188 g/mol. The van der Waals surface area contributed by atoms with Crippen molar-refractivity contribution in [1.82, 2.24) is 15.0 Å². The van der Waals surface area contributed by atoms with Crippen LogP contribution >= 0.6 is 0 Å². The largest absolute Gasteiger partial charge is 0.291 e. The van der Waals surface area contributed by atoms with Crippen LogP contribution in [0.3, 0.4) is 0 Å². The molecule has 2 rings (SSSR count). The topological polar surface area (TPSA) is 43.1 Å². The van der Waals surface area contributed by atoms with Gasteiger partial charge in [0.25, 0.3) is 0 Å². The van der Waals surface area contributed by atoms with E-state index < -0.39 is 0 Å². The van der Waals surface area contributed by atoms with Gasteiger partial charge in [-0.1, -0.05) is 23.4 Å². The lowest BCUT2D eigenvalue weighted by molar-refractivity contribution is 0.803. The lowest BCUT2D eigenvalue weighted by Crippen LogP contribution is -1.93. The van der Waals surface area contributed by atoms with Gasteiger partial charge in [0.2, 0.25) is 0 Å². The summed E-state index contributed by atoms with van der Waals surface area (Å²) in [6.07, 6.45) is 3.58. The molecule has 4 heteroatoms. The van der Waals surface area contributed by atoms with Gasteiger partial charge < -0.3 is 0 Å². The molecule has 0 aliphatic heterocycles. The number of benzene rings is 1. The minimum absolute atomic E-state index is 0.762. The van der Waals surface area contributed by atoms with E-state index in [1.165, 1.54) is 0 Å². The Morgan fingerprint density at radius 1 is 1.33 bits per heavy atom. The molecule has 0 radical (unpaired) electrons. The zero-order chi connectivity index (χ0) is 10.5. The molecule has 0 atom stereocenters. The van der Waals surface area contributed by atoms with Crippen LogP contribution in [0.5, 0.6) is 0 Å². The highest BCUT2D eigenvalue weighted by Gasteiger charge is 1.98. The molecule has 1 aromatic carbocycles. The molecule has 1 aromatic heterocycles. The van der Waals surface area contributed by atoms with Gasteiger partial charge in [-0.3, -0.25) is 4.99 Å². The molecule has 0 saturated carbocycles. The lowest BCUT2D eigenvalue weighted by Gasteiger charge is -1.96. The number of aliphatic imine (C=N–C) groups is 1. The summed E-state index contributed by atoms with van der Waals surface area (Å²) in [4.78, 5) is 4.11. The molecule has 0 fully saturated rings. The number of para-hydroxylation sites is 1. The van der Waals surface area contributed by atoms with Crippen molar-refractivity contribution in [2.45, 2.75) is 6.92 Å². The fourth-order valence-electron chi connectivity index (χ4n) is 1.23. The minimum Gasteiger partial charge on any atom is -0.291 e. The van der Waals surface area contributed by atoms with E-state index in [1.54, 1.807) is 10.9 Å². The Balaban J connectivity index is 2.24. The van der Waals surface area contributed by atoms with Crippen LogP contribution in [-0.4, -0.2) is 27.8 Å². The molecule has 0 spiro atoms. The summed E-state index contributed by atoms with van der Waals surface area (Å²) in [6.45, 7) is 2.75. The van der Waals surface area contributed by atoms with Crippen LogP contribution in [0, 0.1) is 0 Å². The van der Waals surface area contributed by atoms with Gasteiger partial charge in [0, 0.05) is 6.54 Å². The fraction of sp³-hybridized carbons (Fsp3) is 0.182. The number of rotatable bonds is 3. The Hall–Kier alpha value is -1.97. The molecule has 4 nitrogen and oxygen atoms in total. The molecule has 2 aromatic rings. The van der Waals surface area contributed by atoms with Crippen molar-refractivity contribution in [2.75, 3.05) is 6.54 Å². The zero-order valence-corrected chi connectivity index (χ0v) is 8.54. The van der Waals surface area contributed by atoms with E-state index in [4.69, 9.17) is 0 Å². The fourth-order valence-corrected chi connectivity index (χ4v) is 1.23. The maximum atomic E-state index is 4.11. The van der Waals surface area contributed by atoms with Crippen molar-refractivity contribution in [2.24, 2.45) is 4.99 Å². The molecule has 0 aliphatic rings. The van der Waals surface area contributed by atoms with Crippen molar-refractivity contribution >= 4 is 6.21 Å². The van der Waals surface area contributed by atoms with Crippen LogP contribution in [0.15, 0.2) is 41.5 Å². The smallest absolute Gasteiger partial charge is 0.124 e. The third-order valence-corrected chi connectivity index (χ3v) is 1.94. The molecule has 0 saturated heterocycles. The van der Waals surface area contributed by atoms with E-state index in [2.05, 4.69) is 15.3 Å². The number of nitrogens with zero attached hydrogens (tertiary/aromatic N) is 4. The van der Waals surface area contributed by atoms with E-state index in [0.717, 1.165) is 17.9 Å². The summed E-state index contributed by atoms with van der Waals surface area (Å²) in [5.74, 6) is 0. The van der Waals surface area contributed by atoms with E-state index in [1.807, 2.05) is 43.5 Å². The normalized spacial score (nSPS) is 11.0. The first kappa shape index (κ1) is 9.58. The van der Waals surface area contributed by atoms with Gasteiger partial charge in [-0.15, -0.1) is 5.10 Å². The molecule has 0 bridgehead atoms. The van der Waals surface area contributed by atoms with Crippen LogP contribution in [0.4, 0.5) is 0 Å². The molecule has 0 unspecified atom stereocenters. The predicted molar refractivity (Wildman–Crippen MR) is 59.5 cm³/mol. The van der Waals surface area contributed by atoms with E-state index in [0.29, 0.717) is 0 Å². The third kappa shape index (κ3) is 2.28. The average molecular weight is 200 g/mol. The summed E-state index contributed by atoms with van der Waals surface area (Å²) < 4.78 is 1.73. The average Bonchev–Trinajstić information content (AvgIpc) is 2.76. The van der Waals surface area contributed by atoms with Crippen LogP contribution < -0.4 is 0 Å². The molecule has 0 aliphatic carbocycles. The van der Waals surface area contributed by atoms with Crippen LogP contribution in [0.2, 0.25) is 0 Å². The zero-order valence-electron chi connectivity index (χ0n) is 8.54. The van der Waals surface area contributed by atoms with Crippen LogP contribution in [-0.2, 0) is 0 Å². The second-order valence-electron chi connectivity index (χ2n) is 3.05. The van der Waals surface area contributed by atoms with Gasteiger partial charge in [0.15, 0.2) is 0 Å². The first-order valence-electron chi connectivity index (χ1n) is 4.87. The summed E-state index contributed by atoms with van der Waals surface area (Å²) in [7, 11) is 0. The molecule has 0 amide bonds.